The second-order valence-corrected chi connectivity index (χ2v) is 7.55. The molecule has 2 amide bonds. The van der Waals surface area contributed by atoms with Crippen molar-refractivity contribution in [2.75, 3.05) is 13.1 Å². The molecule has 4 nitrogen and oxygen atoms in total. The lowest BCUT2D eigenvalue weighted by atomic mass is 10.1. The Morgan fingerprint density at radius 2 is 1.52 bits per heavy atom. The lowest BCUT2D eigenvalue weighted by Gasteiger charge is -2.22. The number of nitrogens with one attached hydrogen (secondary N) is 1. The van der Waals surface area contributed by atoms with Crippen LogP contribution in [0.1, 0.15) is 41.6 Å². The Hall–Kier alpha value is -2.40. The van der Waals surface area contributed by atoms with Crippen molar-refractivity contribution in [3.63, 3.8) is 0 Å². The molecule has 140 valence electrons. The van der Waals surface area contributed by atoms with Crippen molar-refractivity contribution in [1.82, 2.24) is 10.2 Å². The van der Waals surface area contributed by atoms with E-state index in [2.05, 4.69) is 21.2 Å². The van der Waals surface area contributed by atoms with Crippen LogP contribution in [0.4, 0.5) is 0 Å². The lowest BCUT2D eigenvalue weighted by molar-refractivity contribution is -0.127. The second kappa shape index (κ2) is 9.51. The maximum absolute atomic E-state index is 13.1. The largest absolute Gasteiger partial charge is 0.337 e. The average molecular weight is 427 g/mol. The number of nitrogens with zero attached hydrogens (tertiary/aromatic N) is 1. The van der Waals surface area contributed by atoms with Crippen LogP contribution in [0.5, 0.6) is 0 Å². The summed E-state index contributed by atoms with van der Waals surface area (Å²) < 4.78 is 0.966. The van der Waals surface area contributed by atoms with Crippen molar-refractivity contribution >= 4 is 33.8 Å². The van der Waals surface area contributed by atoms with Gasteiger partial charge in [-0.05, 0) is 48.7 Å². The number of hydrogen-bond donors (Lipinski definition) is 1. The summed E-state index contributed by atoms with van der Waals surface area (Å²) in [7, 11) is 0. The third kappa shape index (κ3) is 5.54. The Kier molecular flexibility index (Phi) is 6.82. The molecule has 1 aliphatic heterocycles. The zero-order valence-electron chi connectivity index (χ0n) is 15.2. The van der Waals surface area contributed by atoms with Crippen LogP contribution in [0.2, 0.25) is 0 Å². The van der Waals surface area contributed by atoms with Gasteiger partial charge in [0.25, 0.3) is 11.8 Å². The molecule has 0 bridgehead atoms. The zero-order chi connectivity index (χ0) is 19.1. The summed E-state index contributed by atoms with van der Waals surface area (Å²) in [5.74, 6) is -0.397. The number of likely N-dealkylation sites (tertiary alicyclic amines) is 1. The molecule has 0 radical (unpaired) electrons. The van der Waals surface area contributed by atoms with E-state index in [0.717, 1.165) is 48.8 Å². The highest BCUT2D eigenvalue weighted by atomic mass is 79.9. The first-order valence-corrected chi connectivity index (χ1v) is 10.1. The van der Waals surface area contributed by atoms with Gasteiger partial charge in [-0.2, -0.15) is 0 Å². The molecule has 2 aromatic rings. The zero-order valence-corrected chi connectivity index (χ0v) is 16.7. The Morgan fingerprint density at radius 1 is 0.889 bits per heavy atom. The van der Waals surface area contributed by atoms with Gasteiger partial charge in [0.1, 0.15) is 5.70 Å². The number of carbonyl (C=O) groups excluding carboxylic acids is 2. The quantitative estimate of drug-likeness (QED) is 0.724. The lowest BCUT2D eigenvalue weighted by Crippen LogP contribution is -2.39. The minimum atomic E-state index is -0.276. The number of hydrogen-bond acceptors (Lipinski definition) is 2. The molecule has 27 heavy (non-hydrogen) atoms. The maximum atomic E-state index is 13.1. The maximum Gasteiger partial charge on any atom is 0.270 e. The molecule has 0 atom stereocenters. The molecule has 0 aliphatic carbocycles. The monoisotopic (exact) mass is 426 g/mol. The van der Waals surface area contributed by atoms with E-state index in [0.29, 0.717) is 11.3 Å². The molecule has 0 aromatic heterocycles. The van der Waals surface area contributed by atoms with E-state index in [-0.39, 0.29) is 11.8 Å². The van der Waals surface area contributed by atoms with Crippen LogP contribution in [0.25, 0.3) is 6.08 Å². The normalized spacial score (nSPS) is 15.1. The standard InChI is InChI=1S/C22H23BrN2O2/c23-19-12-10-17(11-13-19)16-20(22(27)25-14-6-1-2-7-15-25)24-21(26)18-8-4-3-5-9-18/h3-5,8-13,16H,1-2,6-7,14-15H2,(H,24,26). The molecule has 1 fully saturated rings. The fraction of sp³-hybridized carbons (Fsp3) is 0.273. The van der Waals surface area contributed by atoms with Crippen molar-refractivity contribution < 1.29 is 9.59 Å². The number of carbonyl (C=O) groups is 2. The van der Waals surface area contributed by atoms with Gasteiger partial charge in [-0.25, -0.2) is 0 Å². The van der Waals surface area contributed by atoms with Crippen LogP contribution in [-0.2, 0) is 4.79 Å². The Labute approximate surface area is 168 Å². The molecule has 0 spiro atoms. The van der Waals surface area contributed by atoms with Crippen molar-refractivity contribution in [1.29, 1.82) is 0 Å². The van der Waals surface area contributed by atoms with Gasteiger partial charge in [-0.1, -0.05) is 59.1 Å². The van der Waals surface area contributed by atoms with Crippen LogP contribution >= 0.6 is 15.9 Å². The third-order valence-electron chi connectivity index (χ3n) is 4.59. The second-order valence-electron chi connectivity index (χ2n) is 6.64. The third-order valence-corrected chi connectivity index (χ3v) is 5.12. The van der Waals surface area contributed by atoms with E-state index in [1.165, 1.54) is 0 Å². The summed E-state index contributed by atoms with van der Waals surface area (Å²) in [4.78, 5) is 27.6. The Morgan fingerprint density at radius 3 is 2.15 bits per heavy atom. The summed E-state index contributed by atoms with van der Waals surface area (Å²) >= 11 is 3.42. The molecular weight excluding hydrogens is 404 g/mol. The molecule has 1 saturated heterocycles. The summed E-state index contributed by atoms with van der Waals surface area (Å²) in [5.41, 5.74) is 1.71. The van der Waals surface area contributed by atoms with Gasteiger partial charge in [0.2, 0.25) is 0 Å². The predicted molar refractivity (Wildman–Crippen MR) is 111 cm³/mol. The van der Waals surface area contributed by atoms with E-state index in [9.17, 15) is 9.59 Å². The highest BCUT2D eigenvalue weighted by Gasteiger charge is 2.21. The predicted octanol–water partition coefficient (Wildman–Crippen LogP) is 4.62. The summed E-state index contributed by atoms with van der Waals surface area (Å²) in [6.07, 6.45) is 6.05. The fourth-order valence-corrected chi connectivity index (χ4v) is 3.37. The van der Waals surface area contributed by atoms with E-state index in [4.69, 9.17) is 0 Å². The Balaban J connectivity index is 1.86. The smallest absolute Gasteiger partial charge is 0.270 e. The van der Waals surface area contributed by atoms with Crippen LogP contribution in [0, 0.1) is 0 Å². The highest BCUT2D eigenvalue weighted by Crippen LogP contribution is 2.16. The number of benzene rings is 2. The Bertz CT molecular complexity index is 808. The number of amides is 2. The number of rotatable bonds is 4. The number of halogens is 1. The summed E-state index contributed by atoms with van der Waals surface area (Å²) in [5, 5.41) is 2.83. The van der Waals surface area contributed by atoms with Gasteiger partial charge in [0.05, 0.1) is 0 Å². The van der Waals surface area contributed by atoms with Gasteiger partial charge in [-0.3, -0.25) is 9.59 Å². The molecule has 2 aromatic carbocycles. The van der Waals surface area contributed by atoms with Gasteiger partial charge >= 0.3 is 0 Å². The minimum Gasteiger partial charge on any atom is -0.337 e. The van der Waals surface area contributed by atoms with Gasteiger partial charge < -0.3 is 10.2 Å². The van der Waals surface area contributed by atoms with Gasteiger partial charge in [0.15, 0.2) is 0 Å². The van der Waals surface area contributed by atoms with E-state index < -0.39 is 0 Å². The molecule has 1 N–H and O–H groups in total. The van der Waals surface area contributed by atoms with Crippen LogP contribution in [0.15, 0.2) is 64.8 Å². The van der Waals surface area contributed by atoms with Crippen molar-refractivity contribution in [3.05, 3.63) is 75.9 Å². The molecule has 5 heteroatoms. The van der Waals surface area contributed by atoms with Crippen molar-refractivity contribution in [2.45, 2.75) is 25.7 Å². The average Bonchev–Trinajstić information content (AvgIpc) is 2.98. The molecule has 0 saturated carbocycles. The van der Waals surface area contributed by atoms with Crippen LogP contribution < -0.4 is 5.32 Å². The molecule has 1 aliphatic rings. The summed E-state index contributed by atoms with van der Waals surface area (Å²) in [6, 6.07) is 16.6. The molecule has 1 heterocycles. The molecule has 0 unspecified atom stereocenters. The van der Waals surface area contributed by atoms with Gasteiger partial charge in [-0.15, -0.1) is 0 Å². The van der Waals surface area contributed by atoms with Crippen molar-refractivity contribution in [2.24, 2.45) is 0 Å². The highest BCUT2D eigenvalue weighted by molar-refractivity contribution is 9.10. The molecular formula is C22H23BrN2O2. The SMILES string of the molecule is O=C(NC(=Cc1ccc(Br)cc1)C(=O)N1CCCCCC1)c1ccccc1. The minimum absolute atomic E-state index is 0.121. The van der Waals surface area contributed by atoms with E-state index in [1.54, 1.807) is 18.2 Å². The molecule has 3 rings (SSSR count). The first kappa shape index (κ1) is 19.4. The first-order chi connectivity index (χ1) is 13.1. The van der Waals surface area contributed by atoms with Gasteiger partial charge in [0, 0.05) is 23.1 Å². The van der Waals surface area contributed by atoms with Crippen LogP contribution in [0.3, 0.4) is 0 Å². The first-order valence-electron chi connectivity index (χ1n) is 9.26. The van der Waals surface area contributed by atoms with E-state index >= 15 is 0 Å². The fourth-order valence-electron chi connectivity index (χ4n) is 3.11. The van der Waals surface area contributed by atoms with E-state index in [1.807, 2.05) is 47.4 Å². The van der Waals surface area contributed by atoms with Crippen molar-refractivity contribution in [3.8, 4) is 0 Å². The summed E-state index contributed by atoms with van der Waals surface area (Å²) in [6.45, 7) is 1.47. The van der Waals surface area contributed by atoms with Crippen LogP contribution in [-0.4, -0.2) is 29.8 Å². The topological polar surface area (TPSA) is 49.4 Å².